The van der Waals surface area contributed by atoms with Gasteiger partial charge < -0.3 is 0 Å². The van der Waals surface area contributed by atoms with Gasteiger partial charge in [0.1, 0.15) is 0 Å². The molecular formula is C11H14. The summed E-state index contributed by atoms with van der Waals surface area (Å²) >= 11 is 0. The van der Waals surface area contributed by atoms with E-state index in [0.717, 1.165) is 0 Å². The van der Waals surface area contributed by atoms with Crippen LogP contribution >= 0.6 is 0 Å². The Kier molecular flexibility index (Phi) is 2.51. The maximum Gasteiger partial charge on any atom is -0.0197 e. The van der Waals surface area contributed by atoms with Gasteiger partial charge in [-0.1, -0.05) is 26.0 Å². The van der Waals surface area contributed by atoms with E-state index in [9.17, 15) is 0 Å². The molecule has 0 unspecified atom stereocenters. The summed E-state index contributed by atoms with van der Waals surface area (Å²) in [6, 6.07) is 0. The number of hydrogen-bond acceptors (Lipinski definition) is 0. The van der Waals surface area contributed by atoms with Gasteiger partial charge in [0, 0.05) is 0 Å². The summed E-state index contributed by atoms with van der Waals surface area (Å²) in [5, 5.41) is 0. The van der Waals surface area contributed by atoms with Crippen molar-refractivity contribution in [3.63, 3.8) is 0 Å². The second kappa shape index (κ2) is 3.41. The summed E-state index contributed by atoms with van der Waals surface area (Å²) in [6.45, 7) is 6.56. The zero-order valence-electron chi connectivity index (χ0n) is 7.39. The molecule has 0 saturated heterocycles. The minimum atomic E-state index is 0.607. The Morgan fingerprint density at radius 1 is 1.18 bits per heavy atom. The highest BCUT2D eigenvalue weighted by Gasteiger charge is 2.03. The van der Waals surface area contributed by atoms with E-state index in [1.807, 2.05) is 12.2 Å². The molecule has 0 radical (unpaired) electrons. The third-order valence-corrected chi connectivity index (χ3v) is 1.87. The van der Waals surface area contributed by atoms with Crippen molar-refractivity contribution >= 4 is 0 Å². The summed E-state index contributed by atoms with van der Waals surface area (Å²) in [7, 11) is 0. The Morgan fingerprint density at radius 3 is 2.45 bits per heavy atom. The molecule has 0 fully saturated rings. The van der Waals surface area contributed by atoms with E-state index in [-0.39, 0.29) is 0 Å². The third-order valence-electron chi connectivity index (χ3n) is 1.87. The van der Waals surface area contributed by atoms with Crippen molar-refractivity contribution in [1.82, 2.24) is 0 Å². The number of hydrogen-bond donors (Lipinski definition) is 0. The molecule has 11 heavy (non-hydrogen) atoms. The van der Waals surface area contributed by atoms with Crippen molar-refractivity contribution in [2.45, 2.75) is 20.8 Å². The molecule has 0 heterocycles. The Balaban J connectivity index is 2.97. The minimum Gasteiger partial charge on any atom is -0.121 e. The molecule has 0 N–H and O–H groups in total. The molecule has 1 aliphatic carbocycles. The van der Waals surface area contributed by atoms with Crippen LogP contribution in [0.25, 0.3) is 0 Å². The first kappa shape index (κ1) is 8.10. The SMILES string of the molecule is CC1=CC=C=CC=C1C(C)C. The van der Waals surface area contributed by atoms with Gasteiger partial charge in [0.15, 0.2) is 0 Å². The molecule has 0 nitrogen and oxygen atoms in total. The van der Waals surface area contributed by atoms with E-state index in [4.69, 9.17) is 0 Å². The fourth-order valence-electron chi connectivity index (χ4n) is 1.24. The Bertz CT molecular complexity index is 256. The predicted molar refractivity (Wildman–Crippen MR) is 49.3 cm³/mol. The van der Waals surface area contributed by atoms with Gasteiger partial charge >= 0.3 is 0 Å². The minimum absolute atomic E-state index is 0.607. The van der Waals surface area contributed by atoms with Gasteiger partial charge in [-0.05, 0) is 36.1 Å². The maximum atomic E-state index is 3.06. The first-order valence-corrected chi connectivity index (χ1v) is 4.01. The van der Waals surface area contributed by atoms with Crippen LogP contribution in [0, 0.1) is 5.92 Å². The topological polar surface area (TPSA) is 0 Å². The van der Waals surface area contributed by atoms with Gasteiger partial charge in [0.2, 0.25) is 0 Å². The van der Waals surface area contributed by atoms with Crippen LogP contribution in [0.5, 0.6) is 0 Å². The van der Waals surface area contributed by atoms with Crippen molar-refractivity contribution in [3.05, 3.63) is 41.2 Å². The first-order valence-electron chi connectivity index (χ1n) is 4.01. The molecule has 0 aromatic carbocycles. The molecule has 1 aliphatic rings. The predicted octanol–water partition coefficient (Wildman–Crippen LogP) is 3.24. The largest absolute Gasteiger partial charge is 0.121 e. The third kappa shape index (κ3) is 1.96. The summed E-state index contributed by atoms with van der Waals surface area (Å²) in [5.41, 5.74) is 5.82. The maximum absolute atomic E-state index is 3.06. The lowest BCUT2D eigenvalue weighted by Crippen LogP contribution is -1.94. The van der Waals surface area contributed by atoms with Crippen LogP contribution < -0.4 is 0 Å². The van der Waals surface area contributed by atoms with Gasteiger partial charge in [-0.15, -0.1) is 5.73 Å². The van der Waals surface area contributed by atoms with Crippen molar-refractivity contribution in [1.29, 1.82) is 0 Å². The van der Waals surface area contributed by atoms with E-state index >= 15 is 0 Å². The highest BCUT2D eigenvalue weighted by atomic mass is 14.1. The summed E-state index contributed by atoms with van der Waals surface area (Å²) in [6.07, 6.45) is 8.18. The fourth-order valence-corrected chi connectivity index (χ4v) is 1.24. The van der Waals surface area contributed by atoms with Crippen molar-refractivity contribution in [2.75, 3.05) is 0 Å². The molecule has 0 bridgehead atoms. The zero-order valence-corrected chi connectivity index (χ0v) is 7.39. The quantitative estimate of drug-likeness (QED) is 0.498. The van der Waals surface area contributed by atoms with Gasteiger partial charge in [-0.25, -0.2) is 0 Å². The summed E-state index contributed by atoms with van der Waals surface area (Å²) < 4.78 is 0. The molecule has 0 atom stereocenters. The molecule has 0 aromatic rings. The second-order valence-electron chi connectivity index (χ2n) is 3.13. The standard InChI is InChI=1S/C11H14/c1-9(2)11-8-6-4-5-7-10(11)3/h5-9H,1-3H3. The highest BCUT2D eigenvalue weighted by Crippen LogP contribution is 2.19. The average molecular weight is 146 g/mol. The summed E-state index contributed by atoms with van der Waals surface area (Å²) in [4.78, 5) is 0. The Labute approximate surface area is 68.6 Å². The molecule has 58 valence electrons. The monoisotopic (exact) mass is 146 g/mol. The van der Waals surface area contributed by atoms with E-state index in [0.29, 0.717) is 5.92 Å². The molecule has 1 rings (SSSR count). The van der Waals surface area contributed by atoms with Gasteiger partial charge in [-0.3, -0.25) is 0 Å². The van der Waals surface area contributed by atoms with Gasteiger partial charge in [-0.2, -0.15) is 0 Å². The van der Waals surface area contributed by atoms with E-state index in [1.54, 1.807) is 0 Å². The van der Waals surface area contributed by atoms with Gasteiger partial charge in [0.05, 0.1) is 0 Å². The number of rotatable bonds is 1. The van der Waals surface area contributed by atoms with E-state index < -0.39 is 0 Å². The molecule has 0 heteroatoms. The van der Waals surface area contributed by atoms with Crippen molar-refractivity contribution in [3.8, 4) is 0 Å². The van der Waals surface area contributed by atoms with Crippen LogP contribution in [0.2, 0.25) is 0 Å². The second-order valence-corrected chi connectivity index (χ2v) is 3.13. The van der Waals surface area contributed by atoms with Crippen LogP contribution in [0.4, 0.5) is 0 Å². The fraction of sp³-hybridized carbons (Fsp3) is 0.364. The molecule has 0 amide bonds. The smallest absolute Gasteiger partial charge is 0.0197 e. The lowest BCUT2D eigenvalue weighted by molar-refractivity contribution is 0.778. The van der Waals surface area contributed by atoms with Crippen LogP contribution in [-0.2, 0) is 0 Å². The van der Waals surface area contributed by atoms with Gasteiger partial charge in [0.25, 0.3) is 0 Å². The zero-order chi connectivity index (χ0) is 8.27. The highest BCUT2D eigenvalue weighted by molar-refractivity contribution is 5.37. The lowest BCUT2D eigenvalue weighted by atomic mass is 9.96. The van der Waals surface area contributed by atoms with Crippen molar-refractivity contribution in [2.24, 2.45) is 5.92 Å². The van der Waals surface area contributed by atoms with Crippen LogP contribution in [-0.4, -0.2) is 0 Å². The van der Waals surface area contributed by atoms with Crippen molar-refractivity contribution < 1.29 is 0 Å². The van der Waals surface area contributed by atoms with Crippen LogP contribution in [0.1, 0.15) is 20.8 Å². The number of allylic oxidation sites excluding steroid dienone is 5. The van der Waals surface area contributed by atoms with Crippen LogP contribution in [0.3, 0.4) is 0 Å². The molecule has 0 spiro atoms. The van der Waals surface area contributed by atoms with Crippen LogP contribution in [0.15, 0.2) is 41.2 Å². The molecule has 0 saturated carbocycles. The molecule has 0 aliphatic heterocycles. The lowest BCUT2D eigenvalue weighted by Gasteiger charge is -2.09. The average Bonchev–Trinajstić information content (AvgIpc) is 2.13. The van der Waals surface area contributed by atoms with E-state index in [2.05, 4.69) is 38.7 Å². The first-order chi connectivity index (χ1) is 5.22. The Morgan fingerprint density at radius 2 is 1.82 bits per heavy atom. The van der Waals surface area contributed by atoms with E-state index in [1.165, 1.54) is 11.1 Å². The molecular weight excluding hydrogens is 132 g/mol. The summed E-state index contributed by atoms with van der Waals surface area (Å²) in [5.74, 6) is 0.607. The Hall–Kier alpha value is -1.00. The molecule has 0 aromatic heterocycles. The normalized spacial score (nSPS) is 16.4.